The van der Waals surface area contributed by atoms with Gasteiger partial charge in [0, 0.05) is 25.6 Å². The number of alkyl halides is 3. The molecule has 9 heteroatoms. The molecule has 1 spiro atoms. The average molecular weight is 400 g/mol. The molecule has 2 saturated heterocycles. The molecule has 1 atom stereocenters. The van der Waals surface area contributed by atoms with Crippen LogP contribution in [0.4, 0.5) is 13.2 Å². The summed E-state index contributed by atoms with van der Waals surface area (Å²) in [5, 5.41) is 13.4. The maximum absolute atomic E-state index is 12.0. The van der Waals surface area contributed by atoms with Crippen LogP contribution >= 0.6 is 0 Å². The first-order chi connectivity index (χ1) is 13.0. The molecule has 0 bridgehead atoms. The van der Waals surface area contributed by atoms with Gasteiger partial charge in [-0.2, -0.15) is 13.2 Å². The lowest BCUT2D eigenvalue weighted by molar-refractivity contribution is -0.192. The minimum absolute atomic E-state index is 0.0185. The van der Waals surface area contributed by atoms with E-state index in [9.17, 15) is 18.0 Å². The van der Waals surface area contributed by atoms with E-state index in [0.29, 0.717) is 6.61 Å². The van der Waals surface area contributed by atoms with E-state index in [1.807, 2.05) is 6.08 Å². The first kappa shape index (κ1) is 21.9. The van der Waals surface area contributed by atoms with E-state index in [-0.39, 0.29) is 17.6 Å². The summed E-state index contributed by atoms with van der Waals surface area (Å²) in [6, 6.07) is 6.40. The van der Waals surface area contributed by atoms with Crippen molar-refractivity contribution in [1.82, 2.24) is 10.6 Å². The van der Waals surface area contributed by atoms with E-state index >= 15 is 0 Å². The Morgan fingerprint density at radius 1 is 1.25 bits per heavy atom. The molecule has 2 heterocycles. The van der Waals surface area contributed by atoms with E-state index < -0.39 is 12.1 Å². The molecule has 0 saturated carbocycles. The minimum Gasteiger partial charge on any atom is -0.475 e. The van der Waals surface area contributed by atoms with Gasteiger partial charge in [-0.25, -0.2) is 4.79 Å². The number of hydrogen-bond donors (Lipinski definition) is 3. The number of aliphatic carboxylic acids is 1. The second kappa shape index (κ2) is 8.74. The highest BCUT2D eigenvalue weighted by Crippen LogP contribution is 2.29. The zero-order chi connectivity index (χ0) is 20.9. The predicted octanol–water partition coefficient (Wildman–Crippen LogP) is 2.20. The molecule has 2 fully saturated rings. The van der Waals surface area contributed by atoms with Crippen molar-refractivity contribution in [2.75, 3.05) is 19.7 Å². The number of carboxylic acids is 1. The van der Waals surface area contributed by atoms with Crippen molar-refractivity contribution in [3.63, 3.8) is 0 Å². The van der Waals surface area contributed by atoms with Crippen LogP contribution < -0.4 is 10.6 Å². The Bertz CT molecular complexity index is 738. The fraction of sp³-hybridized carbons (Fsp3) is 0.474. The molecular formula is C19H23F3N2O4. The van der Waals surface area contributed by atoms with Crippen LogP contribution in [0.3, 0.4) is 0 Å². The number of carbonyl (C=O) groups excluding carboxylic acids is 1. The third-order valence-electron chi connectivity index (χ3n) is 4.36. The number of carbonyl (C=O) groups is 2. The number of carboxylic acid groups (broad SMARTS) is 1. The first-order valence-electron chi connectivity index (χ1n) is 8.71. The molecule has 0 aliphatic carbocycles. The van der Waals surface area contributed by atoms with Gasteiger partial charge in [-0.05, 0) is 25.5 Å². The predicted molar refractivity (Wildman–Crippen MR) is 96.7 cm³/mol. The molecular weight excluding hydrogens is 377 g/mol. The molecule has 0 radical (unpaired) electrons. The van der Waals surface area contributed by atoms with Crippen LogP contribution in [0.25, 0.3) is 6.08 Å². The lowest BCUT2D eigenvalue weighted by Crippen LogP contribution is -2.59. The average Bonchev–Trinajstić information content (AvgIpc) is 2.96. The van der Waals surface area contributed by atoms with Crippen LogP contribution in [-0.2, 0) is 14.3 Å². The summed E-state index contributed by atoms with van der Waals surface area (Å²) < 4.78 is 37.5. The quantitative estimate of drug-likeness (QED) is 0.677. The lowest BCUT2D eigenvalue weighted by Gasteiger charge is -2.38. The molecule has 2 aliphatic heterocycles. The van der Waals surface area contributed by atoms with Crippen LogP contribution in [0.5, 0.6) is 0 Å². The van der Waals surface area contributed by atoms with Crippen molar-refractivity contribution in [3.8, 4) is 0 Å². The standard InChI is InChI=1S/C17H22N2O2.C2HF3O2/c1-12-5-13(2)7-14(6-12)3-4-16(20)19-15-8-17(21-9-15)10-18-11-17;3-2(4,5)1(6)7/h3-7,15,18H,8-11H2,1-2H3,(H,19,20);(H,6,7)/b4-3+;. The van der Waals surface area contributed by atoms with Gasteiger partial charge in [-0.1, -0.05) is 29.3 Å². The van der Waals surface area contributed by atoms with Crippen molar-refractivity contribution >= 4 is 18.0 Å². The minimum atomic E-state index is -5.08. The molecule has 1 amide bonds. The van der Waals surface area contributed by atoms with Crippen molar-refractivity contribution in [3.05, 3.63) is 41.0 Å². The maximum atomic E-state index is 12.0. The molecule has 28 heavy (non-hydrogen) atoms. The molecule has 1 unspecified atom stereocenters. The van der Waals surface area contributed by atoms with E-state index in [1.54, 1.807) is 6.08 Å². The van der Waals surface area contributed by atoms with Crippen LogP contribution in [-0.4, -0.2) is 54.5 Å². The third-order valence-corrected chi connectivity index (χ3v) is 4.36. The third kappa shape index (κ3) is 6.35. The highest BCUT2D eigenvalue weighted by molar-refractivity contribution is 5.92. The molecule has 1 aromatic rings. The Morgan fingerprint density at radius 3 is 2.25 bits per heavy atom. The fourth-order valence-electron chi connectivity index (χ4n) is 3.11. The normalized spacial score (nSPS) is 20.4. The van der Waals surface area contributed by atoms with Gasteiger partial charge >= 0.3 is 12.1 Å². The second-order valence-electron chi connectivity index (χ2n) is 7.06. The van der Waals surface area contributed by atoms with Crippen molar-refractivity contribution in [2.24, 2.45) is 0 Å². The summed E-state index contributed by atoms with van der Waals surface area (Å²) in [6.07, 6.45) is -0.701. The molecule has 6 nitrogen and oxygen atoms in total. The summed E-state index contributed by atoms with van der Waals surface area (Å²) >= 11 is 0. The molecule has 3 rings (SSSR count). The maximum Gasteiger partial charge on any atom is 0.490 e. The molecule has 1 aromatic carbocycles. The largest absolute Gasteiger partial charge is 0.490 e. The van der Waals surface area contributed by atoms with Crippen molar-refractivity contribution < 1.29 is 32.6 Å². The van der Waals surface area contributed by atoms with Gasteiger partial charge in [0.1, 0.15) is 0 Å². The number of rotatable bonds is 3. The molecule has 154 valence electrons. The van der Waals surface area contributed by atoms with E-state index in [0.717, 1.165) is 25.1 Å². The number of halogens is 3. The van der Waals surface area contributed by atoms with E-state index in [1.165, 1.54) is 11.1 Å². The second-order valence-corrected chi connectivity index (χ2v) is 7.06. The summed E-state index contributed by atoms with van der Waals surface area (Å²) in [4.78, 5) is 20.9. The fourth-order valence-corrected chi connectivity index (χ4v) is 3.11. The molecule has 3 N–H and O–H groups in total. The molecule has 0 aromatic heterocycles. The van der Waals surface area contributed by atoms with Gasteiger partial charge in [-0.15, -0.1) is 0 Å². The SMILES string of the molecule is Cc1cc(C)cc(/C=C/C(=O)NC2COC3(CNC3)C2)c1.O=C(O)C(F)(F)F. The smallest absolute Gasteiger partial charge is 0.475 e. The Balaban J connectivity index is 0.000000345. The number of nitrogens with one attached hydrogen (secondary N) is 2. The highest BCUT2D eigenvalue weighted by atomic mass is 19.4. The highest BCUT2D eigenvalue weighted by Gasteiger charge is 2.45. The Labute approximate surface area is 160 Å². The monoisotopic (exact) mass is 400 g/mol. The lowest BCUT2D eigenvalue weighted by atomic mass is 9.92. The summed E-state index contributed by atoms with van der Waals surface area (Å²) in [5.74, 6) is -2.81. The Morgan fingerprint density at radius 2 is 1.82 bits per heavy atom. The topological polar surface area (TPSA) is 87.7 Å². The van der Waals surface area contributed by atoms with Gasteiger partial charge in [0.05, 0.1) is 18.2 Å². The van der Waals surface area contributed by atoms with Crippen LogP contribution in [0.1, 0.15) is 23.1 Å². The zero-order valence-corrected chi connectivity index (χ0v) is 15.6. The van der Waals surface area contributed by atoms with E-state index in [4.69, 9.17) is 14.6 Å². The van der Waals surface area contributed by atoms with Gasteiger partial charge in [0.25, 0.3) is 0 Å². The number of aryl methyl sites for hydroxylation is 2. The zero-order valence-electron chi connectivity index (χ0n) is 15.6. The Kier molecular flexibility index (Phi) is 6.84. The van der Waals surface area contributed by atoms with E-state index in [2.05, 4.69) is 42.7 Å². The number of hydrogen-bond acceptors (Lipinski definition) is 4. The van der Waals surface area contributed by atoms with Crippen LogP contribution in [0, 0.1) is 13.8 Å². The number of benzene rings is 1. The summed E-state index contributed by atoms with van der Waals surface area (Å²) in [7, 11) is 0. The summed E-state index contributed by atoms with van der Waals surface area (Å²) in [6.45, 7) is 6.54. The van der Waals surface area contributed by atoms with Gasteiger partial charge in [0.15, 0.2) is 0 Å². The number of amides is 1. The van der Waals surface area contributed by atoms with Gasteiger partial charge in [-0.3, -0.25) is 4.79 Å². The molecule has 2 aliphatic rings. The first-order valence-corrected chi connectivity index (χ1v) is 8.71. The van der Waals surface area contributed by atoms with Crippen LogP contribution in [0.15, 0.2) is 24.3 Å². The summed E-state index contributed by atoms with van der Waals surface area (Å²) in [5.41, 5.74) is 3.46. The Hall–Kier alpha value is -2.39. The van der Waals surface area contributed by atoms with Gasteiger partial charge in [0.2, 0.25) is 5.91 Å². The van der Waals surface area contributed by atoms with Crippen molar-refractivity contribution in [1.29, 1.82) is 0 Å². The van der Waals surface area contributed by atoms with Gasteiger partial charge < -0.3 is 20.5 Å². The van der Waals surface area contributed by atoms with Crippen molar-refractivity contribution in [2.45, 2.75) is 38.1 Å². The number of ether oxygens (including phenoxy) is 1. The van der Waals surface area contributed by atoms with Crippen LogP contribution in [0.2, 0.25) is 0 Å².